The first kappa shape index (κ1) is 18.3. The van der Waals surface area contributed by atoms with Gasteiger partial charge in [-0.1, -0.05) is 36.1 Å². The first-order chi connectivity index (χ1) is 12.2. The third-order valence-electron chi connectivity index (χ3n) is 3.52. The summed E-state index contributed by atoms with van der Waals surface area (Å²) in [6, 6.07) is 8.34. The lowest BCUT2D eigenvalue weighted by molar-refractivity contribution is -0.137. The molecule has 0 atom stereocenters. The summed E-state index contributed by atoms with van der Waals surface area (Å²) in [5.74, 6) is -1.22. The van der Waals surface area contributed by atoms with Crippen LogP contribution in [0.3, 0.4) is 0 Å². The second kappa shape index (κ2) is 6.65. The maximum absolute atomic E-state index is 12.9. The van der Waals surface area contributed by atoms with Crippen LogP contribution in [0.2, 0.25) is 0 Å². The number of amides is 1. The SMILES string of the molecule is O=C1/C(=C/c2ccc(O)c(O)c2)SC(=S)N1c1cccc(C(F)(F)F)c1. The van der Waals surface area contributed by atoms with Crippen molar-refractivity contribution in [3.63, 3.8) is 0 Å². The van der Waals surface area contributed by atoms with E-state index in [1.54, 1.807) is 0 Å². The number of thioether (sulfide) groups is 1. The topological polar surface area (TPSA) is 60.8 Å². The Bertz CT molecular complexity index is 941. The third-order valence-corrected chi connectivity index (χ3v) is 4.82. The normalized spacial score (nSPS) is 16.6. The second-order valence-electron chi connectivity index (χ2n) is 5.31. The van der Waals surface area contributed by atoms with E-state index in [1.807, 2.05) is 0 Å². The first-order valence-corrected chi connectivity index (χ1v) is 8.36. The molecule has 0 aliphatic carbocycles. The van der Waals surface area contributed by atoms with Crippen molar-refractivity contribution < 1.29 is 28.2 Å². The Morgan fingerprint density at radius 2 is 1.81 bits per heavy atom. The van der Waals surface area contributed by atoms with Crippen LogP contribution in [-0.4, -0.2) is 20.4 Å². The van der Waals surface area contributed by atoms with Crippen molar-refractivity contribution in [1.29, 1.82) is 0 Å². The van der Waals surface area contributed by atoms with E-state index in [4.69, 9.17) is 12.2 Å². The molecule has 0 unspecified atom stereocenters. The van der Waals surface area contributed by atoms with Crippen molar-refractivity contribution >= 4 is 46.0 Å². The maximum Gasteiger partial charge on any atom is 0.416 e. The molecule has 0 radical (unpaired) electrons. The zero-order valence-electron chi connectivity index (χ0n) is 12.8. The molecule has 1 aliphatic rings. The number of rotatable bonds is 2. The number of phenols is 2. The molecule has 0 spiro atoms. The fourth-order valence-electron chi connectivity index (χ4n) is 2.29. The van der Waals surface area contributed by atoms with Crippen molar-refractivity contribution in [2.24, 2.45) is 0 Å². The van der Waals surface area contributed by atoms with E-state index in [2.05, 4.69) is 0 Å². The van der Waals surface area contributed by atoms with Crippen molar-refractivity contribution in [2.45, 2.75) is 6.18 Å². The number of carbonyl (C=O) groups is 1. The van der Waals surface area contributed by atoms with Gasteiger partial charge in [-0.05, 0) is 42.0 Å². The van der Waals surface area contributed by atoms with E-state index in [0.29, 0.717) is 5.56 Å². The van der Waals surface area contributed by atoms with Crippen LogP contribution in [0.1, 0.15) is 11.1 Å². The summed E-state index contributed by atoms with van der Waals surface area (Å²) in [7, 11) is 0. The molecule has 134 valence electrons. The van der Waals surface area contributed by atoms with Crippen LogP contribution < -0.4 is 4.90 Å². The average Bonchev–Trinajstić information content (AvgIpc) is 2.84. The molecular weight excluding hydrogens is 387 g/mol. The fraction of sp³-hybridized carbons (Fsp3) is 0.0588. The highest BCUT2D eigenvalue weighted by Crippen LogP contribution is 2.39. The molecule has 2 aromatic carbocycles. The monoisotopic (exact) mass is 397 g/mol. The van der Waals surface area contributed by atoms with Gasteiger partial charge in [0.15, 0.2) is 15.8 Å². The smallest absolute Gasteiger partial charge is 0.416 e. The number of phenolic OH excluding ortho intramolecular Hbond substituents is 2. The van der Waals surface area contributed by atoms with Crippen LogP contribution in [-0.2, 0) is 11.0 Å². The summed E-state index contributed by atoms with van der Waals surface area (Å²) in [6.45, 7) is 0. The number of alkyl halides is 3. The lowest BCUT2D eigenvalue weighted by atomic mass is 10.1. The van der Waals surface area contributed by atoms with Gasteiger partial charge in [0.1, 0.15) is 0 Å². The Labute approximate surface area is 155 Å². The Kier molecular flexibility index (Phi) is 4.68. The summed E-state index contributed by atoms with van der Waals surface area (Å²) in [5.41, 5.74) is -0.416. The Hall–Kier alpha value is -2.52. The molecule has 26 heavy (non-hydrogen) atoms. The van der Waals surface area contributed by atoms with E-state index >= 15 is 0 Å². The zero-order chi connectivity index (χ0) is 19.1. The second-order valence-corrected chi connectivity index (χ2v) is 6.99. The van der Waals surface area contributed by atoms with Gasteiger partial charge in [0.05, 0.1) is 16.2 Å². The summed E-state index contributed by atoms with van der Waals surface area (Å²) in [5, 5.41) is 18.8. The Morgan fingerprint density at radius 1 is 1.08 bits per heavy atom. The standard InChI is InChI=1S/C17H10F3NO3S2/c18-17(19,20)10-2-1-3-11(8-10)21-15(24)14(26-16(21)25)7-9-4-5-12(22)13(23)6-9/h1-8,22-23H/b14-7-. The first-order valence-electron chi connectivity index (χ1n) is 7.14. The van der Waals surface area contributed by atoms with E-state index in [-0.39, 0.29) is 26.4 Å². The average molecular weight is 397 g/mol. The van der Waals surface area contributed by atoms with E-state index in [0.717, 1.165) is 28.8 Å². The van der Waals surface area contributed by atoms with Gasteiger partial charge >= 0.3 is 6.18 Å². The molecule has 1 amide bonds. The molecule has 1 fully saturated rings. The fourth-order valence-corrected chi connectivity index (χ4v) is 3.59. The number of nitrogens with zero attached hydrogens (tertiary/aromatic N) is 1. The van der Waals surface area contributed by atoms with Crippen LogP contribution in [0.5, 0.6) is 11.5 Å². The van der Waals surface area contributed by atoms with Crippen LogP contribution in [0.25, 0.3) is 6.08 Å². The number of hydrogen-bond acceptors (Lipinski definition) is 5. The largest absolute Gasteiger partial charge is 0.504 e. The van der Waals surface area contributed by atoms with E-state index in [9.17, 15) is 28.2 Å². The predicted octanol–water partition coefficient (Wildman–Crippen LogP) is 4.52. The molecule has 2 aromatic rings. The number of aromatic hydroxyl groups is 2. The molecule has 1 aliphatic heterocycles. The third kappa shape index (κ3) is 3.54. The van der Waals surface area contributed by atoms with Gasteiger partial charge in [-0.2, -0.15) is 13.2 Å². The molecule has 4 nitrogen and oxygen atoms in total. The Morgan fingerprint density at radius 3 is 2.46 bits per heavy atom. The minimum Gasteiger partial charge on any atom is -0.504 e. The van der Waals surface area contributed by atoms with Crippen LogP contribution in [0.15, 0.2) is 47.4 Å². The number of carbonyl (C=O) groups excluding carboxylic acids is 1. The number of benzene rings is 2. The minimum absolute atomic E-state index is 0.0271. The highest BCUT2D eigenvalue weighted by molar-refractivity contribution is 8.27. The van der Waals surface area contributed by atoms with Gasteiger partial charge in [-0.3, -0.25) is 9.69 Å². The molecule has 0 aromatic heterocycles. The molecule has 0 bridgehead atoms. The highest BCUT2D eigenvalue weighted by atomic mass is 32.2. The van der Waals surface area contributed by atoms with Gasteiger partial charge in [-0.25, -0.2) is 0 Å². The molecule has 0 saturated carbocycles. The molecule has 1 heterocycles. The summed E-state index contributed by atoms with van der Waals surface area (Å²) in [6.07, 6.45) is -3.10. The summed E-state index contributed by atoms with van der Waals surface area (Å²) >= 11 is 6.07. The van der Waals surface area contributed by atoms with Gasteiger partial charge in [0.25, 0.3) is 5.91 Å². The Balaban J connectivity index is 1.94. The molecular formula is C17H10F3NO3S2. The molecule has 9 heteroatoms. The van der Waals surface area contributed by atoms with E-state index in [1.165, 1.54) is 36.4 Å². The maximum atomic E-state index is 12.9. The van der Waals surface area contributed by atoms with Crippen LogP contribution in [0, 0.1) is 0 Å². The summed E-state index contributed by atoms with van der Waals surface area (Å²) < 4.78 is 38.8. The number of hydrogen-bond donors (Lipinski definition) is 2. The van der Waals surface area contributed by atoms with Crippen molar-refractivity contribution in [3.8, 4) is 11.5 Å². The van der Waals surface area contributed by atoms with Crippen molar-refractivity contribution in [1.82, 2.24) is 0 Å². The van der Waals surface area contributed by atoms with Crippen LogP contribution >= 0.6 is 24.0 Å². The number of thiocarbonyl (C=S) groups is 1. The zero-order valence-corrected chi connectivity index (χ0v) is 14.5. The quantitative estimate of drug-likeness (QED) is 0.443. The van der Waals surface area contributed by atoms with Gasteiger partial charge in [-0.15, -0.1) is 0 Å². The van der Waals surface area contributed by atoms with Crippen molar-refractivity contribution in [2.75, 3.05) is 4.90 Å². The molecule has 2 N–H and O–H groups in total. The minimum atomic E-state index is -4.53. The lowest BCUT2D eigenvalue weighted by Crippen LogP contribution is -2.27. The lowest BCUT2D eigenvalue weighted by Gasteiger charge is -2.16. The van der Waals surface area contributed by atoms with Crippen LogP contribution in [0.4, 0.5) is 18.9 Å². The van der Waals surface area contributed by atoms with Gasteiger partial charge < -0.3 is 10.2 Å². The predicted molar refractivity (Wildman–Crippen MR) is 96.9 cm³/mol. The van der Waals surface area contributed by atoms with Gasteiger partial charge in [0, 0.05) is 0 Å². The molecule has 1 saturated heterocycles. The van der Waals surface area contributed by atoms with E-state index < -0.39 is 17.6 Å². The summed E-state index contributed by atoms with van der Waals surface area (Å²) in [4.78, 5) is 13.8. The van der Waals surface area contributed by atoms with Crippen molar-refractivity contribution in [3.05, 3.63) is 58.5 Å². The number of halogens is 3. The number of anilines is 1. The van der Waals surface area contributed by atoms with Gasteiger partial charge in [0.2, 0.25) is 0 Å². The molecule has 3 rings (SSSR count). The highest BCUT2D eigenvalue weighted by Gasteiger charge is 2.36.